The summed E-state index contributed by atoms with van der Waals surface area (Å²) < 4.78 is 2.10. The van der Waals surface area contributed by atoms with Crippen molar-refractivity contribution in [2.45, 2.75) is 39.3 Å². The van der Waals surface area contributed by atoms with Gasteiger partial charge in [0.1, 0.15) is 6.61 Å². The van der Waals surface area contributed by atoms with Gasteiger partial charge in [0.2, 0.25) is 0 Å². The number of aromatic nitrogens is 3. The van der Waals surface area contributed by atoms with Crippen LogP contribution in [0.5, 0.6) is 0 Å². The van der Waals surface area contributed by atoms with Crippen molar-refractivity contribution in [2.24, 2.45) is 0 Å². The first-order valence-corrected chi connectivity index (χ1v) is 6.33. The molecule has 0 radical (unpaired) electrons. The van der Waals surface area contributed by atoms with E-state index in [9.17, 15) is 5.11 Å². The van der Waals surface area contributed by atoms with E-state index in [2.05, 4.69) is 40.7 Å². The van der Waals surface area contributed by atoms with Crippen LogP contribution in [0.2, 0.25) is 0 Å². The molecule has 0 spiro atoms. The van der Waals surface area contributed by atoms with Crippen LogP contribution in [0.1, 0.15) is 35.8 Å². The molecular weight excluding hydrogens is 226 g/mol. The first-order valence-electron chi connectivity index (χ1n) is 6.33. The molecule has 0 amide bonds. The second-order valence-corrected chi connectivity index (χ2v) is 4.95. The zero-order valence-corrected chi connectivity index (χ0v) is 10.7. The normalized spacial score (nSPS) is 15.1. The number of hydrogen-bond acceptors (Lipinski definition) is 3. The molecule has 0 atom stereocenters. The van der Waals surface area contributed by atoms with Crippen LogP contribution in [-0.2, 0) is 6.61 Å². The van der Waals surface area contributed by atoms with Gasteiger partial charge < -0.3 is 9.67 Å². The minimum atomic E-state index is -0.0473. The van der Waals surface area contributed by atoms with E-state index in [4.69, 9.17) is 0 Å². The number of nitrogens with zero attached hydrogens (tertiary/aromatic N) is 3. The average molecular weight is 243 g/mol. The molecule has 94 valence electrons. The summed E-state index contributed by atoms with van der Waals surface area (Å²) in [5.74, 6) is 1.57. The number of aryl methyl sites for hydroxylation is 1. The molecule has 4 heteroatoms. The van der Waals surface area contributed by atoms with Crippen molar-refractivity contribution in [2.75, 3.05) is 0 Å². The molecule has 0 saturated heterocycles. The maximum atomic E-state index is 9.36. The maximum absolute atomic E-state index is 9.36. The van der Waals surface area contributed by atoms with Gasteiger partial charge in [0.25, 0.3) is 0 Å². The predicted octanol–water partition coefficient (Wildman–Crippen LogP) is 2.39. The lowest BCUT2D eigenvalue weighted by Crippen LogP contribution is -2.04. The number of rotatable bonds is 3. The maximum Gasteiger partial charge on any atom is 0.164 e. The first kappa shape index (κ1) is 11.4. The number of aliphatic hydroxyl groups excluding tert-OH is 1. The molecule has 3 rings (SSSR count). The number of hydrogen-bond donors (Lipinski definition) is 1. The van der Waals surface area contributed by atoms with E-state index in [-0.39, 0.29) is 6.61 Å². The molecule has 4 nitrogen and oxygen atoms in total. The summed E-state index contributed by atoms with van der Waals surface area (Å²) in [6, 6.07) is 6.69. The smallest absolute Gasteiger partial charge is 0.164 e. The minimum absolute atomic E-state index is 0.0473. The van der Waals surface area contributed by atoms with Gasteiger partial charge in [-0.3, -0.25) is 0 Å². The summed E-state index contributed by atoms with van der Waals surface area (Å²) >= 11 is 0. The summed E-state index contributed by atoms with van der Waals surface area (Å²) in [6.45, 7) is 4.16. The summed E-state index contributed by atoms with van der Waals surface area (Å²) in [5.41, 5.74) is 3.61. The van der Waals surface area contributed by atoms with Gasteiger partial charge in [-0.1, -0.05) is 18.2 Å². The highest BCUT2D eigenvalue weighted by Gasteiger charge is 2.30. The first-order chi connectivity index (χ1) is 8.72. The van der Waals surface area contributed by atoms with Crippen molar-refractivity contribution in [3.8, 4) is 11.4 Å². The van der Waals surface area contributed by atoms with Crippen molar-refractivity contribution in [1.82, 2.24) is 14.8 Å². The zero-order valence-electron chi connectivity index (χ0n) is 10.7. The molecule has 1 aromatic heterocycles. The van der Waals surface area contributed by atoms with E-state index >= 15 is 0 Å². The second kappa shape index (κ2) is 4.21. The van der Waals surface area contributed by atoms with Crippen LogP contribution in [0, 0.1) is 13.8 Å². The van der Waals surface area contributed by atoms with E-state index in [0.717, 1.165) is 24.2 Å². The third kappa shape index (κ3) is 1.73. The summed E-state index contributed by atoms with van der Waals surface area (Å²) in [7, 11) is 0. The van der Waals surface area contributed by atoms with Gasteiger partial charge in [0, 0.05) is 11.6 Å². The highest BCUT2D eigenvalue weighted by molar-refractivity contribution is 5.62. The highest BCUT2D eigenvalue weighted by atomic mass is 16.3. The standard InChI is InChI=1S/C14H17N3O/c1-9-4-3-5-12(10(9)2)14-16-15-13(8-18)17(14)11-6-7-11/h3-5,11,18H,6-8H2,1-2H3. The zero-order chi connectivity index (χ0) is 12.7. The van der Waals surface area contributed by atoms with Crippen LogP contribution < -0.4 is 0 Å². The molecule has 0 unspecified atom stereocenters. The average Bonchev–Trinajstić information content (AvgIpc) is 3.12. The van der Waals surface area contributed by atoms with Crippen LogP contribution in [-0.4, -0.2) is 19.9 Å². The van der Waals surface area contributed by atoms with Gasteiger partial charge in [0.05, 0.1) is 0 Å². The molecular formula is C14H17N3O. The van der Waals surface area contributed by atoms with Gasteiger partial charge in [-0.15, -0.1) is 10.2 Å². The van der Waals surface area contributed by atoms with E-state index in [1.165, 1.54) is 11.1 Å². The summed E-state index contributed by atoms with van der Waals surface area (Å²) in [4.78, 5) is 0. The lowest BCUT2D eigenvalue weighted by atomic mass is 10.0. The third-order valence-corrected chi connectivity index (χ3v) is 3.67. The van der Waals surface area contributed by atoms with Crippen LogP contribution in [0.3, 0.4) is 0 Å². The number of benzene rings is 1. The van der Waals surface area contributed by atoms with Crippen molar-refractivity contribution < 1.29 is 5.11 Å². The van der Waals surface area contributed by atoms with Crippen molar-refractivity contribution >= 4 is 0 Å². The molecule has 18 heavy (non-hydrogen) atoms. The molecule has 2 aromatic rings. The predicted molar refractivity (Wildman–Crippen MR) is 69.1 cm³/mol. The van der Waals surface area contributed by atoms with Crippen LogP contribution in [0.4, 0.5) is 0 Å². The van der Waals surface area contributed by atoms with E-state index < -0.39 is 0 Å². The van der Waals surface area contributed by atoms with Gasteiger partial charge in [0.15, 0.2) is 11.6 Å². The molecule has 0 bridgehead atoms. The molecule has 1 aliphatic carbocycles. The Balaban J connectivity index is 2.17. The summed E-state index contributed by atoms with van der Waals surface area (Å²) in [5, 5.41) is 17.7. The molecule has 1 saturated carbocycles. The van der Waals surface area contributed by atoms with Gasteiger partial charge in [-0.05, 0) is 37.8 Å². The highest BCUT2D eigenvalue weighted by Crippen LogP contribution is 2.39. The Morgan fingerprint density at radius 2 is 2.06 bits per heavy atom. The Bertz CT molecular complexity index is 585. The minimum Gasteiger partial charge on any atom is -0.388 e. The topological polar surface area (TPSA) is 50.9 Å². The lowest BCUT2D eigenvalue weighted by molar-refractivity contribution is 0.265. The molecule has 1 N–H and O–H groups in total. The Hall–Kier alpha value is -1.68. The molecule has 1 fully saturated rings. The lowest BCUT2D eigenvalue weighted by Gasteiger charge is -2.11. The SMILES string of the molecule is Cc1cccc(-c2nnc(CO)n2C2CC2)c1C. The molecule has 1 aromatic carbocycles. The fourth-order valence-electron chi connectivity index (χ4n) is 2.32. The molecule has 1 heterocycles. The third-order valence-electron chi connectivity index (χ3n) is 3.67. The second-order valence-electron chi connectivity index (χ2n) is 4.95. The Morgan fingerprint density at radius 1 is 1.28 bits per heavy atom. The van der Waals surface area contributed by atoms with Gasteiger partial charge >= 0.3 is 0 Å². The Kier molecular flexibility index (Phi) is 2.67. The Labute approximate surface area is 106 Å². The quantitative estimate of drug-likeness (QED) is 0.900. The fraction of sp³-hybridized carbons (Fsp3) is 0.429. The fourth-order valence-corrected chi connectivity index (χ4v) is 2.32. The van der Waals surface area contributed by atoms with E-state index in [0.29, 0.717) is 11.9 Å². The van der Waals surface area contributed by atoms with E-state index in [1.54, 1.807) is 0 Å². The van der Waals surface area contributed by atoms with Gasteiger partial charge in [-0.2, -0.15) is 0 Å². The largest absolute Gasteiger partial charge is 0.388 e. The van der Waals surface area contributed by atoms with Crippen molar-refractivity contribution in [3.05, 3.63) is 35.2 Å². The molecule has 1 aliphatic rings. The van der Waals surface area contributed by atoms with Crippen LogP contribution in [0.25, 0.3) is 11.4 Å². The Morgan fingerprint density at radius 3 is 2.72 bits per heavy atom. The van der Waals surface area contributed by atoms with Crippen LogP contribution in [0.15, 0.2) is 18.2 Å². The monoisotopic (exact) mass is 243 g/mol. The summed E-state index contributed by atoms with van der Waals surface area (Å²) in [6.07, 6.45) is 2.31. The van der Waals surface area contributed by atoms with Crippen LogP contribution >= 0.6 is 0 Å². The van der Waals surface area contributed by atoms with Crippen molar-refractivity contribution in [1.29, 1.82) is 0 Å². The molecule has 0 aliphatic heterocycles. The number of aliphatic hydroxyl groups is 1. The van der Waals surface area contributed by atoms with Gasteiger partial charge in [-0.25, -0.2) is 0 Å². The van der Waals surface area contributed by atoms with E-state index in [1.807, 2.05) is 6.07 Å². The van der Waals surface area contributed by atoms with Crippen molar-refractivity contribution in [3.63, 3.8) is 0 Å².